The summed E-state index contributed by atoms with van der Waals surface area (Å²) in [7, 11) is 0.696. The quantitative estimate of drug-likeness (QED) is 0.742. The van der Waals surface area contributed by atoms with Crippen LogP contribution in [0.25, 0.3) is 22.4 Å². The van der Waals surface area contributed by atoms with Gasteiger partial charge in [0.05, 0.1) is 5.69 Å². The Morgan fingerprint density at radius 1 is 0.857 bits per heavy atom. The second-order valence-corrected chi connectivity index (χ2v) is 4.52. The molecule has 1 N–H and O–H groups in total. The van der Waals surface area contributed by atoms with Crippen molar-refractivity contribution >= 4 is 7.69 Å². The molecule has 0 saturated heterocycles. The molecule has 1 heterocycles. The molecule has 0 aliphatic carbocycles. The maximum absolute atomic E-state index is 8.87. The van der Waals surface area contributed by atoms with Gasteiger partial charge in [0, 0.05) is 17.3 Å². The number of aromatic nitrogens is 1. The Morgan fingerprint density at radius 2 is 1.67 bits per heavy atom. The summed E-state index contributed by atoms with van der Waals surface area (Å²) in [6.07, 6.45) is 1.78. The van der Waals surface area contributed by atoms with Gasteiger partial charge in [-0.3, -0.25) is 4.98 Å². The zero-order valence-corrected chi connectivity index (χ0v) is 11.3. The van der Waals surface area contributed by atoms with Gasteiger partial charge in [-0.2, -0.15) is 0 Å². The van der Waals surface area contributed by atoms with Crippen molar-refractivity contribution in [3.8, 4) is 28.1 Å². The van der Waals surface area contributed by atoms with Crippen LogP contribution in [0.4, 0.5) is 0 Å². The summed E-state index contributed by atoms with van der Waals surface area (Å²) >= 11 is 0. The van der Waals surface area contributed by atoms with E-state index in [1.54, 1.807) is 6.20 Å². The predicted octanol–water partition coefficient (Wildman–Crippen LogP) is 3.32. The molecule has 0 aliphatic heterocycles. The Bertz CT molecular complexity index is 732. The molecule has 3 aromatic rings. The SMILES string of the molecule is O[B]Oc1ccccc1-c1cccc(-c2ccccn2)c1. The fraction of sp³-hybridized carbons (Fsp3) is 0. The lowest BCUT2D eigenvalue weighted by Gasteiger charge is -2.10. The first-order valence-electron chi connectivity index (χ1n) is 6.62. The lowest BCUT2D eigenvalue weighted by molar-refractivity contribution is 0.455. The van der Waals surface area contributed by atoms with E-state index in [1.807, 2.05) is 60.7 Å². The average molecular weight is 274 g/mol. The smallest absolute Gasteiger partial charge is 0.537 e. The molecule has 0 aliphatic rings. The van der Waals surface area contributed by atoms with Crippen LogP contribution < -0.4 is 4.65 Å². The fourth-order valence-corrected chi connectivity index (χ4v) is 2.24. The van der Waals surface area contributed by atoms with E-state index in [2.05, 4.69) is 11.1 Å². The van der Waals surface area contributed by atoms with Crippen LogP contribution in [0.15, 0.2) is 72.9 Å². The number of para-hydroxylation sites is 1. The van der Waals surface area contributed by atoms with E-state index in [-0.39, 0.29) is 0 Å². The minimum Gasteiger partial charge on any atom is -0.537 e. The van der Waals surface area contributed by atoms with Crippen LogP contribution in [0.3, 0.4) is 0 Å². The Morgan fingerprint density at radius 3 is 2.48 bits per heavy atom. The molecule has 0 unspecified atom stereocenters. The molecule has 0 bridgehead atoms. The van der Waals surface area contributed by atoms with Crippen molar-refractivity contribution in [2.24, 2.45) is 0 Å². The Kier molecular flexibility index (Phi) is 3.98. The zero-order valence-electron chi connectivity index (χ0n) is 11.3. The molecule has 2 aromatic carbocycles. The molecule has 101 valence electrons. The minimum atomic E-state index is 0.609. The van der Waals surface area contributed by atoms with Gasteiger partial charge >= 0.3 is 7.69 Å². The molecule has 21 heavy (non-hydrogen) atoms. The van der Waals surface area contributed by atoms with Gasteiger partial charge in [0.1, 0.15) is 5.75 Å². The molecule has 3 rings (SSSR count). The fourth-order valence-electron chi connectivity index (χ4n) is 2.24. The van der Waals surface area contributed by atoms with E-state index in [0.717, 1.165) is 22.4 Å². The van der Waals surface area contributed by atoms with Gasteiger partial charge in [-0.05, 0) is 29.8 Å². The first kappa shape index (κ1) is 13.4. The molecule has 3 nitrogen and oxygen atoms in total. The maximum atomic E-state index is 8.87. The Balaban J connectivity index is 2.05. The van der Waals surface area contributed by atoms with Crippen molar-refractivity contribution in [2.45, 2.75) is 0 Å². The van der Waals surface area contributed by atoms with Crippen LogP contribution in [0.1, 0.15) is 0 Å². The van der Waals surface area contributed by atoms with Gasteiger partial charge in [-0.25, -0.2) is 0 Å². The van der Waals surface area contributed by atoms with E-state index < -0.39 is 0 Å². The number of pyridine rings is 1. The Labute approximate surface area is 124 Å². The number of rotatable bonds is 4. The second kappa shape index (κ2) is 6.24. The first-order valence-corrected chi connectivity index (χ1v) is 6.62. The summed E-state index contributed by atoms with van der Waals surface area (Å²) in [5.41, 5.74) is 3.89. The normalized spacial score (nSPS) is 10.1. The van der Waals surface area contributed by atoms with Crippen molar-refractivity contribution in [1.29, 1.82) is 0 Å². The molecule has 0 amide bonds. The Hall–Kier alpha value is -2.59. The monoisotopic (exact) mass is 274 g/mol. The topological polar surface area (TPSA) is 42.4 Å². The third-order valence-corrected chi connectivity index (χ3v) is 3.20. The molecule has 0 fully saturated rings. The number of benzene rings is 2. The first-order chi connectivity index (χ1) is 10.4. The highest BCUT2D eigenvalue weighted by Crippen LogP contribution is 2.31. The van der Waals surface area contributed by atoms with Crippen LogP contribution in [-0.4, -0.2) is 17.7 Å². The van der Waals surface area contributed by atoms with E-state index in [0.29, 0.717) is 13.4 Å². The predicted molar refractivity (Wildman–Crippen MR) is 83.7 cm³/mol. The van der Waals surface area contributed by atoms with Gasteiger partial charge in [0.15, 0.2) is 0 Å². The minimum absolute atomic E-state index is 0.609. The number of nitrogens with zero attached hydrogens (tertiary/aromatic N) is 1. The highest BCUT2D eigenvalue weighted by molar-refractivity contribution is 6.17. The number of hydrogen-bond donors (Lipinski definition) is 1. The van der Waals surface area contributed by atoms with Gasteiger partial charge < -0.3 is 9.68 Å². The highest BCUT2D eigenvalue weighted by Gasteiger charge is 2.07. The molecule has 0 spiro atoms. The van der Waals surface area contributed by atoms with Crippen LogP contribution in [0, 0.1) is 0 Å². The van der Waals surface area contributed by atoms with Crippen LogP contribution in [0.5, 0.6) is 5.75 Å². The lowest BCUT2D eigenvalue weighted by Crippen LogP contribution is -2.01. The summed E-state index contributed by atoms with van der Waals surface area (Å²) in [6.45, 7) is 0. The zero-order chi connectivity index (χ0) is 14.5. The summed E-state index contributed by atoms with van der Waals surface area (Å²) < 4.78 is 5.15. The van der Waals surface area contributed by atoms with Gasteiger partial charge in [0.2, 0.25) is 0 Å². The van der Waals surface area contributed by atoms with E-state index in [1.165, 1.54) is 0 Å². The second-order valence-electron chi connectivity index (χ2n) is 4.52. The summed E-state index contributed by atoms with van der Waals surface area (Å²) in [4.78, 5) is 4.37. The third-order valence-electron chi connectivity index (χ3n) is 3.20. The molecular weight excluding hydrogens is 261 g/mol. The van der Waals surface area contributed by atoms with E-state index in [9.17, 15) is 0 Å². The van der Waals surface area contributed by atoms with Crippen molar-refractivity contribution in [2.75, 3.05) is 0 Å². The molecule has 0 atom stereocenters. The van der Waals surface area contributed by atoms with Crippen LogP contribution >= 0.6 is 0 Å². The standard InChI is InChI=1S/C17H13BNO2/c20-18-21-17-10-2-1-8-15(17)13-6-5-7-14(12-13)16-9-3-4-11-19-16/h1-12,20H. The molecule has 0 saturated carbocycles. The van der Waals surface area contributed by atoms with Gasteiger partial charge in [0.25, 0.3) is 0 Å². The summed E-state index contributed by atoms with van der Waals surface area (Å²) in [5.74, 6) is 0.609. The molecule has 1 aromatic heterocycles. The van der Waals surface area contributed by atoms with E-state index in [4.69, 9.17) is 9.68 Å². The largest absolute Gasteiger partial charge is 0.569 e. The van der Waals surface area contributed by atoms with Crippen molar-refractivity contribution in [3.63, 3.8) is 0 Å². The van der Waals surface area contributed by atoms with Crippen molar-refractivity contribution in [1.82, 2.24) is 4.98 Å². The third kappa shape index (κ3) is 2.96. The van der Waals surface area contributed by atoms with Crippen LogP contribution in [0.2, 0.25) is 0 Å². The maximum Gasteiger partial charge on any atom is 0.569 e. The number of hydrogen-bond acceptors (Lipinski definition) is 3. The molecule has 4 heteroatoms. The van der Waals surface area contributed by atoms with Crippen molar-refractivity contribution in [3.05, 3.63) is 72.9 Å². The van der Waals surface area contributed by atoms with Crippen molar-refractivity contribution < 1.29 is 9.68 Å². The highest BCUT2D eigenvalue weighted by atomic mass is 16.5. The van der Waals surface area contributed by atoms with Gasteiger partial charge in [-0.15, -0.1) is 0 Å². The average Bonchev–Trinajstić information content (AvgIpc) is 2.57. The lowest BCUT2D eigenvalue weighted by atomic mass is 10.0. The summed E-state index contributed by atoms with van der Waals surface area (Å²) in [6, 6.07) is 21.5. The molecule has 1 radical (unpaired) electrons. The van der Waals surface area contributed by atoms with Gasteiger partial charge in [-0.1, -0.05) is 42.5 Å². The summed E-state index contributed by atoms with van der Waals surface area (Å²) in [5, 5.41) is 8.87. The molecular formula is C17H13BNO2. The van der Waals surface area contributed by atoms with Crippen LogP contribution in [-0.2, 0) is 0 Å². The van der Waals surface area contributed by atoms with E-state index >= 15 is 0 Å².